The molecule has 7 heteroatoms. The van der Waals surface area contributed by atoms with Gasteiger partial charge in [-0.15, -0.1) is 0 Å². The fraction of sp³-hybridized carbons (Fsp3) is 0.600. The standard InChI is InChI=1S/C10H15N3O4/c1-2-16-10(15)4-3-8(14)11-6-5-9-12-7-13-17-9/h7H,2-6H2,1H3,(H,11,14). The van der Waals surface area contributed by atoms with Crippen molar-refractivity contribution in [1.82, 2.24) is 15.5 Å². The van der Waals surface area contributed by atoms with Gasteiger partial charge < -0.3 is 14.6 Å². The van der Waals surface area contributed by atoms with Crippen molar-refractivity contribution in [1.29, 1.82) is 0 Å². The maximum Gasteiger partial charge on any atom is 0.306 e. The number of aromatic nitrogens is 2. The second-order valence-electron chi connectivity index (χ2n) is 3.24. The largest absolute Gasteiger partial charge is 0.466 e. The van der Waals surface area contributed by atoms with Crippen molar-refractivity contribution in [3.8, 4) is 0 Å². The molecule has 0 aliphatic heterocycles. The van der Waals surface area contributed by atoms with E-state index in [1.165, 1.54) is 6.33 Å². The minimum Gasteiger partial charge on any atom is -0.466 e. The highest BCUT2D eigenvalue weighted by Crippen LogP contribution is 1.94. The van der Waals surface area contributed by atoms with Gasteiger partial charge in [-0.05, 0) is 6.92 Å². The Labute approximate surface area is 98.5 Å². The molecule has 0 spiro atoms. The predicted octanol–water partition coefficient (Wildman–Crippen LogP) is 0.0716. The molecule has 0 saturated heterocycles. The van der Waals surface area contributed by atoms with Crippen molar-refractivity contribution < 1.29 is 18.8 Å². The van der Waals surface area contributed by atoms with Gasteiger partial charge >= 0.3 is 5.97 Å². The van der Waals surface area contributed by atoms with Gasteiger partial charge in [-0.3, -0.25) is 9.59 Å². The van der Waals surface area contributed by atoms with E-state index >= 15 is 0 Å². The van der Waals surface area contributed by atoms with E-state index in [0.29, 0.717) is 25.5 Å². The van der Waals surface area contributed by atoms with Crippen LogP contribution in [0.5, 0.6) is 0 Å². The van der Waals surface area contributed by atoms with Crippen LogP contribution in [0, 0.1) is 0 Å². The molecule has 1 amide bonds. The van der Waals surface area contributed by atoms with E-state index in [1.807, 2.05) is 0 Å². The van der Waals surface area contributed by atoms with Crippen LogP contribution in [0.1, 0.15) is 25.7 Å². The van der Waals surface area contributed by atoms with E-state index in [9.17, 15) is 9.59 Å². The lowest BCUT2D eigenvalue weighted by Gasteiger charge is -2.03. The van der Waals surface area contributed by atoms with Crippen LogP contribution in [0.3, 0.4) is 0 Å². The zero-order valence-corrected chi connectivity index (χ0v) is 9.64. The lowest BCUT2D eigenvalue weighted by molar-refractivity contribution is -0.144. The van der Waals surface area contributed by atoms with Crippen LogP contribution in [-0.2, 0) is 20.7 Å². The SMILES string of the molecule is CCOC(=O)CCC(=O)NCCc1ncno1. The van der Waals surface area contributed by atoms with Crippen LogP contribution in [0.4, 0.5) is 0 Å². The summed E-state index contributed by atoms with van der Waals surface area (Å²) >= 11 is 0. The van der Waals surface area contributed by atoms with E-state index in [4.69, 9.17) is 9.26 Å². The summed E-state index contributed by atoms with van der Waals surface area (Å²) < 4.78 is 9.46. The molecule has 0 saturated carbocycles. The molecule has 0 aromatic carbocycles. The molecule has 1 heterocycles. The molecule has 7 nitrogen and oxygen atoms in total. The Balaban J connectivity index is 2.07. The highest BCUT2D eigenvalue weighted by molar-refractivity contribution is 5.81. The Bertz CT molecular complexity index is 350. The Morgan fingerprint density at radius 3 is 2.94 bits per heavy atom. The average Bonchev–Trinajstić information content (AvgIpc) is 2.80. The zero-order chi connectivity index (χ0) is 12.5. The fourth-order valence-corrected chi connectivity index (χ4v) is 1.15. The van der Waals surface area contributed by atoms with Gasteiger partial charge in [-0.25, -0.2) is 0 Å². The third-order valence-corrected chi connectivity index (χ3v) is 1.93. The summed E-state index contributed by atoms with van der Waals surface area (Å²) in [4.78, 5) is 26.1. The number of rotatable bonds is 7. The first-order valence-electron chi connectivity index (χ1n) is 5.40. The summed E-state index contributed by atoms with van der Waals surface area (Å²) in [5, 5.41) is 6.08. The van der Waals surface area contributed by atoms with E-state index in [-0.39, 0.29) is 24.7 Å². The number of ether oxygens (including phenoxy) is 1. The Morgan fingerprint density at radius 1 is 1.47 bits per heavy atom. The third kappa shape index (κ3) is 5.64. The smallest absolute Gasteiger partial charge is 0.306 e. The van der Waals surface area contributed by atoms with E-state index in [0.717, 1.165) is 0 Å². The molecular formula is C10H15N3O4. The number of carbonyl (C=O) groups is 2. The Hall–Kier alpha value is -1.92. The first-order valence-corrected chi connectivity index (χ1v) is 5.40. The van der Waals surface area contributed by atoms with Gasteiger partial charge in [0.2, 0.25) is 11.8 Å². The molecule has 0 aliphatic carbocycles. The number of amides is 1. The van der Waals surface area contributed by atoms with Crippen LogP contribution < -0.4 is 5.32 Å². The van der Waals surface area contributed by atoms with Gasteiger partial charge in [0.05, 0.1) is 13.0 Å². The molecule has 0 aliphatic rings. The number of carbonyl (C=O) groups excluding carboxylic acids is 2. The molecule has 1 rings (SSSR count). The average molecular weight is 241 g/mol. The van der Waals surface area contributed by atoms with Crippen molar-refractivity contribution in [2.24, 2.45) is 0 Å². The quantitative estimate of drug-likeness (QED) is 0.679. The molecule has 17 heavy (non-hydrogen) atoms. The molecule has 94 valence electrons. The number of nitrogens with zero attached hydrogens (tertiary/aromatic N) is 2. The van der Waals surface area contributed by atoms with Crippen molar-refractivity contribution >= 4 is 11.9 Å². The first kappa shape index (κ1) is 13.1. The van der Waals surface area contributed by atoms with Gasteiger partial charge in [0, 0.05) is 19.4 Å². The van der Waals surface area contributed by atoms with Crippen molar-refractivity contribution in [2.45, 2.75) is 26.2 Å². The number of esters is 1. The van der Waals surface area contributed by atoms with Crippen molar-refractivity contribution in [2.75, 3.05) is 13.2 Å². The number of nitrogens with one attached hydrogen (secondary N) is 1. The predicted molar refractivity (Wildman–Crippen MR) is 56.9 cm³/mol. The third-order valence-electron chi connectivity index (χ3n) is 1.93. The summed E-state index contributed by atoms with van der Waals surface area (Å²) in [5.74, 6) is -0.0900. The van der Waals surface area contributed by atoms with Crippen LogP contribution >= 0.6 is 0 Å². The van der Waals surface area contributed by atoms with E-state index in [1.54, 1.807) is 6.92 Å². The second kappa shape index (κ2) is 7.37. The summed E-state index contributed by atoms with van der Waals surface area (Å²) in [7, 11) is 0. The lowest BCUT2D eigenvalue weighted by Crippen LogP contribution is -2.26. The van der Waals surface area contributed by atoms with Crippen LogP contribution in [0.15, 0.2) is 10.9 Å². The molecule has 1 aromatic heterocycles. The van der Waals surface area contributed by atoms with Gasteiger partial charge in [0.15, 0.2) is 6.33 Å². The molecule has 0 fully saturated rings. The topological polar surface area (TPSA) is 94.3 Å². The molecule has 1 N–H and O–H groups in total. The van der Waals surface area contributed by atoms with Crippen LogP contribution in [0.2, 0.25) is 0 Å². The van der Waals surface area contributed by atoms with Gasteiger partial charge in [0.25, 0.3) is 0 Å². The van der Waals surface area contributed by atoms with E-state index in [2.05, 4.69) is 15.5 Å². The Morgan fingerprint density at radius 2 is 2.29 bits per heavy atom. The molecule has 0 bridgehead atoms. The summed E-state index contributed by atoms with van der Waals surface area (Å²) in [6, 6.07) is 0. The number of hydrogen-bond donors (Lipinski definition) is 1. The van der Waals surface area contributed by atoms with E-state index < -0.39 is 0 Å². The normalized spacial score (nSPS) is 9.94. The van der Waals surface area contributed by atoms with Crippen LogP contribution in [0.25, 0.3) is 0 Å². The minimum absolute atomic E-state index is 0.0975. The molecular weight excluding hydrogens is 226 g/mol. The van der Waals surface area contributed by atoms with Crippen molar-refractivity contribution in [3.05, 3.63) is 12.2 Å². The summed E-state index contributed by atoms with van der Waals surface area (Å²) in [6.45, 7) is 2.46. The van der Waals surface area contributed by atoms with Gasteiger partial charge in [-0.1, -0.05) is 5.16 Å². The van der Waals surface area contributed by atoms with Gasteiger partial charge in [0.1, 0.15) is 0 Å². The molecule has 0 atom stereocenters. The summed E-state index contributed by atoms with van der Waals surface area (Å²) in [6.07, 6.45) is 2.01. The maximum atomic E-state index is 11.3. The monoisotopic (exact) mass is 241 g/mol. The van der Waals surface area contributed by atoms with Gasteiger partial charge in [-0.2, -0.15) is 4.98 Å². The highest BCUT2D eigenvalue weighted by atomic mass is 16.5. The lowest BCUT2D eigenvalue weighted by atomic mass is 10.3. The number of hydrogen-bond acceptors (Lipinski definition) is 6. The molecule has 0 unspecified atom stereocenters. The summed E-state index contributed by atoms with van der Waals surface area (Å²) in [5.41, 5.74) is 0. The maximum absolute atomic E-state index is 11.3. The van der Waals surface area contributed by atoms with Crippen LogP contribution in [-0.4, -0.2) is 35.2 Å². The second-order valence-corrected chi connectivity index (χ2v) is 3.24. The van der Waals surface area contributed by atoms with Crippen molar-refractivity contribution in [3.63, 3.8) is 0 Å². The molecule has 0 radical (unpaired) electrons. The minimum atomic E-state index is -0.362. The molecule has 1 aromatic rings. The highest BCUT2D eigenvalue weighted by Gasteiger charge is 2.07. The fourth-order valence-electron chi connectivity index (χ4n) is 1.15. The Kier molecular flexibility index (Phi) is 5.70. The zero-order valence-electron chi connectivity index (χ0n) is 9.64. The first-order chi connectivity index (χ1) is 8.22.